The van der Waals surface area contributed by atoms with Crippen molar-refractivity contribution < 1.29 is 49.6 Å². The van der Waals surface area contributed by atoms with Gasteiger partial charge in [0.2, 0.25) is 17.6 Å². The van der Waals surface area contributed by atoms with E-state index in [0.717, 1.165) is 28.3 Å². The number of amides is 1. The van der Waals surface area contributed by atoms with Crippen LogP contribution < -0.4 is 15.6 Å². The normalized spacial score (nSPS) is 17.5. The second kappa shape index (κ2) is 14.9. The third-order valence-corrected chi connectivity index (χ3v) is 11.2. The number of carbonyl (C=O) groups is 1. The van der Waals surface area contributed by atoms with Gasteiger partial charge in [0.05, 0.1) is 45.1 Å². The van der Waals surface area contributed by atoms with E-state index < -0.39 is 120 Å². The predicted molar refractivity (Wildman–Crippen MR) is 185 cm³/mol. The van der Waals surface area contributed by atoms with Crippen molar-refractivity contribution in [3.05, 3.63) is 91.7 Å². The maximum atomic E-state index is 15.3. The highest BCUT2D eigenvalue weighted by Gasteiger charge is 2.51. The van der Waals surface area contributed by atoms with E-state index in [2.05, 4.69) is 25.2 Å². The first kappa shape index (κ1) is 39.3. The summed E-state index contributed by atoms with van der Waals surface area (Å²) in [4.78, 5) is 31.6. The van der Waals surface area contributed by atoms with Crippen LogP contribution in [0.5, 0.6) is 5.88 Å². The number of fused-ring (bicyclic) bond motifs is 2. The molecule has 0 radical (unpaired) electrons. The number of anilines is 1. The first-order valence-corrected chi connectivity index (χ1v) is 18.5. The molecule has 0 saturated heterocycles. The van der Waals surface area contributed by atoms with Crippen molar-refractivity contribution in [3.8, 4) is 11.6 Å². The second-order valence-corrected chi connectivity index (χ2v) is 15.3. The Balaban J connectivity index is 1.37. The molecule has 3 unspecified atom stereocenters. The predicted octanol–water partition coefficient (Wildman–Crippen LogP) is 6.24. The number of benzene rings is 2. The molecule has 3 N–H and O–H groups in total. The Labute approximate surface area is 318 Å². The highest BCUT2D eigenvalue weighted by atomic mass is 35.5. The molecule has 7 rings (SSSR count). The molecule has 22 heteroatoms. The van der Waals surface area contributed by atoms with Crippen molar-refractivity contribution in [3.63, 3.8) is 0 Å². The van der Waals surface area contributed by atoms with E-state index in [1.165, 1.54) is 12.1 Å². The number of aromatic nitrogens is 6. The molecule has 0 aliphatic heterocycles. The van der Waals surface area contributed by atoms with Crippen LogP contribution in [0.15, 0.2) is 41.2 Å². The fourth-order valence-electron chi connectivity index (χ4n) is 6.80. The van der Waals surface area contributed by atoms with Crippen molar-refractivity contribution in [1.82, 2.24) is 34.4 Å². The Bertz CT molecular complexity index is 2390. The SMILES string of the molecule is CC1Cc2c(C(F)F)nn(CC(=O)NC(Cc3cc(F)cc(F)c3)c3nc(O)cc(=O)n3-c3ccc(Cl)c4c(N[S+]([O-])C5CC5)nn(CC(F)F)c34)c2C1(F)F. The van der Waals surface area contributed by atoms with Gasteiger partial charge in [0.15, 0.2) is 0 Å². The summed E-state index contributed by atoms with van der Waals surface area (Å²) in [6.07, 6.45) is -6.04. The van der Waals surface area contributed by atoms with Crippen LogP contribution in [0.4, 0.5) is 40.9 Å². The number of alkyl halides is 6. The second-order valence-electron chi connectivity index (χ2n) is 13.5. The lowest BCUT2D eigenvalue weighted by atomic mass is 10.0. The molecule has 1 saturated carbocycles. The topological polar surface area (TPSA) is 155 Å². The van der Waals surface area contributed by atoms with Crippen LogP contribution in [-0.4, -0.2) is 56.4 Å². The van der Waals surface area contributed by atoms with Crippen LogP contribution >= 0.6 is 11.6 Å². The molecule has 0 spiro atoms. The number of nitrogens with zero attached hydrogens (tertiary/aromatic N) is 6. The van der Waals surface area contributed by atoms with Crippen molar-refractivity contribution in [1.29, 1.82) is 0 Å². The summed E-state index contributed by atoms with van der Waals surface area (Å²) in [6.45, 7) is -0.987. The molecule has 2 aliphatic rings. The van der Waals surface area contributed by atoms with E-state index in [9.17, 15) is 45.6 Å². The summed E-state index contributed by atoms with van der Waals surface area (Å²) in [5, 5.41) is 20.4. The fraction of sp³-hybridized carbons (Fsp3) is 0.382. The van der Waals surface area contributed by atoms with Gasteiger partial charge in [-0.1, -0.05) is 18.5 Å². The van der Waals surface area contributed by atoms with Crippen molar-refractivity contribution >= 4 is 45.6 Å². The number of aromatic hydroxyl groups is 1. The summed E-state index contributed by atoms with van der Waals surface area (Å²) in [7, 11) is 0. The molecule has 3 aromatic heterocycles. The zero-order valence-corrected chi connectivity index (χ0v) is 30.3. The highest BCUT2D eigenvalue weighted by molar-refractivity contribution is 7.93. The van der Waals surface area contributed by atoms with E-state index in [1.807, 2.05) is 0 Å². The van der Waals surface area contributed by atoms with Crippen LogP contribution in [0.25, 0.3) is 16.6 Å². The first-order chi connectivity index (χ1) is 26.4. The van der Waals surface area contributed by atoms with Gasteiger partial charge >= 0.3 is 0 Å². The lowest BCUT2D eigenvalue weighted by Gasteiger charge is -2.24. The summed E-state index contributed by atoms with van der Waals surface area (Å²) in [6, 6.07) is 3.73. The molecule has 1 amide bonds. The van der Waals surface area contributed by atoms with E-state index in [-0.39, 0.29) is 38.2 Å². The molecular weight excluding hydrogens is 804 g/mol. The molecule has 298 valence electrons. The quantitative estimate of drug-likeness (QED) is 0.0931. The maximum absolute atomic E-state index is 15.3. The molecular formula is C34H29ClF8N8O4S. The number of hydrogen-bond acceptors (Lipinski definition) is 8. The molecule has 56 heavy (non-hydrogen) atoms. The lowest BCUT2D eigenvalue weighted by molar-refractivity contribution is -0.123. The molecule has 1 fully saturated rings. The molecule has 2 aliphatic carbocycles. The molecule has 5 aromatic rings. The minimum absolute atomic E-state index is 0.0462. The number of nitrogens with one attached hydrogen (secondary N) is 2. The summed E-state index contributed by atoms with van der Waals surface area (Å²) in [5.74, 6) is -9.96. The summed E-state index contributed by atoms with van der Waals surface area (Å²) in [5.41, 5.74) is -3.92. The number of hydrogen-bond donors (Lipinski definition) is 3. The minimum Gasteiger partial charge on any atom is -0.593 e. The van der Waals surface area contributed by atoms with Gasteiger partial charge in [-0.25, -0.2) is 26.3 Å². The lowest BCUT2D eigenvalue weighted by Crippen LogP contribution is -2.38. The molecule has 3 heterocycles. The van der Waals surface area contributed by atoms with E-state index in [1.54, 1.807) is 0 Å². The van der Waals surface area contributed by atoms with Crippen LogP contribution in [-0.2, 0) is 48.0 Å². The fourth-order valence-corrected chi connectivity index (χ4v) is 8.10. The standard InChI is InChI=1S/C34H29ClF8N8O4S/c1-14-6-19-28(31(40)41)46-50(30(19)34(14,42)43)13-25(53)44-21(9-15-7-16(36)10-17(37)8-15)33-45-24(52)11-26(54)51(33)22-5-4-20(35)27-29(22)49(12-23(38)39)47-32(27)48-56(55)18-2-3-18/h4-5,7-8,10-11,14,18,21,23,31,52H,2-3,6,9,12-13H2,1H3,(H,44,53)(H,47,48). The summed E-state index contributed by atoms with van der Waals surface area (Å²) < 4.78 is 133. The van der Waals surface area contributed by atoms with Crippen LogP contribution in [0, 0.1) is 17.6 Å². The van der Waals surface area contributed by atoms with Crippen LogP contribution in [0.3, 0.4) is 0 Å². The third-order valence-electron chi connectivity index (χ3n) is 9.36. The maximum Gasteiger partial charge on any atom is 0.292 e. The van der Waals surface area contributed by atoms with Gasteiger partial charge in [-0.15, -0.1) is 5.10 Å². The molecule has 12 nitrogen and oxygen atoms in total. The van der Waals surface area contributed by atoms with Crippen molar-refractivity contribution in [2.24, 2.45) is 5.92 Å². The number of carbonyl (C=O) groups excluding carboxylic acids is 1. The van der Waals surface area contributed by atoms with E-state index in [4.69, 9.17) is 11.6 Å². The zero-order chi connectivity index (χ0) is 40.4. The zero-order valence-electron chi connectivity index (χ0n) is 28.8. The Kier molecular flexibility index (Phi) is 10.5. The van der Waals surface area contributed by atoms with E-state index >= 15 is 8.78 Å². The van der Waals surface area contributed by atoms with Gasteiger partial charge in [0.25, 0.3) is 24.3 Å². The average molecular weight is 833 g/mol. The van der Waals surface area contributed by atoms with Crippen molar-refractivity contribution in [2.75, 3.05) is 4.72 Å². The highest BCUT2D eigenvalue weighted by Crippen LogP contribution is 2.48. The molecule has 3 atom stereocenters. The average Bonchev–Trinajstić information content (AvgIpc) is 3.74. The Morgan fingerprint density at radius 2 is 1.79 bits per heavy atom. The molecule has 0 bridgehead atoms. The summed E-state index contributed by atoms with van der Waals surface area (Å²) >= 11 is 4.84. The van der Waals surface area contributed by atoms with E-state index in [0.29, 0.717) is 29.7 Å². The Morgan fingerprint density at radius 1 is 1.09 bits per heavy atom. The van der Waals surface area contributed by atoms with Crippen molar-refractivity contribution in [2.45, 2.75) is 75.8 Å². The Hall–Kier alpha value is -4.89. The monoisotopic (exact) mass is 832 g/mol. The third kappa shape index (κ3) is 7.50. The minimum atomic E-state index is -3.65. The van der Waals surface area contributed by atoms with Gasteiger partial charge < -0.3 is 15.0 Å². The van der Waals surface area contributed by atoms with Crippen LogP contribution in [0.2, 0.25) is 5.02 Å². The molecule has 2 aromatic carbocycles. The van der Waals surface area contributed by atoms with Gasteiger partial charge in [-0.2, -0.15) is 23.6 Å². The number of rotatable bonds is 13. The largest absolute Gasteiger partial charge is 0.593 e. The Morgan fingerprint density at radius 3 is 2.43 bits per heavy atom. The smallest absolute Gasteiger partial charge is 0.292 e. The van der Waals surface area contributed by atoms with Gasteiger partial charge in [0, 0.05) is 36.8 Å². The number of halogens is 9. The van der Waals surface area contributed by atoms with Gasteiger partial charge in [-0.05, 0) is 36.2 Å². The van der Waals surface area contributed by atoms with Gasteiger partial charge in [-0.3, -0.25) is 23.5 Å². The van der Waals surface area contributed by atoms with Gasteiger partial charge in [0.1, 0.15) is 47.2 Å². The van der Waals surface area contributed by atoms with Crippen LogP contribution in [0.1, 0.15) is 60.6 Å². The first-order valence-electron chi connectivity index (χ1n) is 16.9.